The first kappa shape index (κ1) is 15.6. The fourth-order valence-electron chi connectivity index (χ4n) is 2.66. The number of hydrogen-bond donors (Lipinski definition) is 1. The van der Waals surface area contributed by atoms with Gasteiger partial charge in [0.15, 0.2) is 0 Å². The zero-order valence-electron chi connectivity index (χ0n) is 13.7. The molecule has 0 saturated heterocycles. The van der Waals surface area contributed by atoms with E-state index >= 15 is 0 Å². The lowest BCUT2D eigenvalue weighted by molar-refractivity contribution is 0.223. The second-order valence-electron chi connectivity index (χ2n) is 5.51. The van der Waals surface area contributed by atoms with E-state index < -0.39 is 0 Å². The number of para-hydroxylation sites is 2. The number of nitrogens with one attached hydrogen (secondary N) is 1. The Bertz CT molecular complexity index is 729. The van der Waals surface area contributed by atoms with E-state index in [2.05, 4.69) is 34.8 Å². The lowest BCUT2D eigenvalue weighted by Gasteiger charge is -2.18. The minimum atomic E-state index is 0.700. The summed E-state index contributed by atoms with van der Waals surface area (Å²) in [7, 11) is 0. The molecule has 0 aliphatic rings. The summed E-state index contributed by atoms with van der Waals surface area (Å²) in [6, 6.07) is 16.2. The molecule has 0 aliphatic heterocycles. The number of hydrogen-bond acceptors (Lipinski definition) is 3. The van der Waals surface area contributed by atoms with Crippen LogP contribution in [0.1, 0.15) is 13.8 Å². The molecule has 120 valence electrons. The Balaban J connectivity index is 1.72. The summed E-state index contributed by atoms with van der Waals surface area (Å²) in [5.41, 5.74) is 3.08. The second-order valence-corrected chi connectivity index (χ2v) is 5.51. The Kier molecular flexibility index (Phi) is 4.93. The van der Waals surface area contributed by atoms with Crippen molar-refractivity contribution < 1.29 is 4.74 Å². The second kappa shape index (κ2) is 7.29. The molecule has 0 radical (unpaired) electrons. The molecule has 0 fully saturated rings. The van der Waals surface area contributed by atoms with Crippen molar-refractivity contribution in [2.75, 3.05) is 26.2 Å². The molecule has 1 N–H and O–H groups in total. The molecule has 0 bridgehead atoms. The number of aromatic amines is 1. The Labute approximate surface area is 137 Å². The SMILES string of the molecule is CCN(CC)CCOc1cccc(-c2nc3ccccc3[nH]2)c1. The molecule has 3 rings (SSSR count). The first-order valence-corrected chi connectivity index (χ1v) is 8.20. The van der Waals surface area contributed by atoms with Crippen molar-refractivity contribution in [3.63, 3.8) is 0 Å². The van der Waals surface area contributed by atoms with Crippen LogP contribution in [-0.2, 0) is 0 Å². The lowest BCUT2D eigenvalue weighted by Crippen LogP contribution is -2.27. The minimum absolute atomic E-state index is 0.700. The van der Waals surface area contributed by atoms with Crippen molar-refractivity contribution in [3.8, 4) is 17.1 Å². The average molecular weight is 309 g/mol. The molecule has 0 unspecified atom stereocenters. The van der Waals surface area contributed by atoms with Crippen LogP contribution >= 0.6 is 0 Å². The summed E-state index contributed by atoms with van der Waals surface area (Å²) in [5, 5.41) is 0. The van der Waals surface area contributed by atoms with Crippen LogP contribution in [-0.4, -0.2) is 41.1 Å². The van der Waals surface area contributed by atoms with Crippen LogP contribution in [0.3, 0.4) is 0 Å². The van der Waals surface area contributed by atoms with Crippen LogP contribution in [0.5, 0.6) is 5.75 Å². The van der Waals surface area contributed by atoms with E-state index in [0.717, 1.165) is 47.8 Å². The standard InChI is InChI=1S/C19H23N3O/c1-3-22(4-2)12-13-23-16-9-7-8-15(14-16)19-20-17-10-5-6-11-18(17)21-19/h5-11,14H,3-4,12-13H2,1-2H3,(H,20,21). The number of fused-ring (bicyclic) bond motifs is 1. The Morgan fingerprint density at radius 3 is 2.65 bits per heavy atom. The fraction of sp³-hybridized carbons (Fsp3) is 0.316. The molecule has 0 saturated carbocycles. The summed E-state index contributed by atoms with van der Waals surface area (Å²) in [5.74, 6) is 1.76. The van der Waals surface area contributed by atoms with Crippen LogP contribution in [0.15, 0.2) is 48.5 Å². The van der Waals surface area contributed by atoms with Gasteiger partial charge in [0.1, 0.15) is 18.2 Å². The first-order valence-electron chi connectivity index (χ1n) is 8.20. The number of likely N-dealkylation sites (N-methyl/N-ethyl adjacent to an activating group) is 1. The van der Waals surface area contributed by atoms with E-state index in [0.29, 0.717) is 6.61 Å². The Morgan fingerprint density at radius 1 is 1.04 bits per heavy atom. The third kappa shape index (κ3) is 3.71. The zero-order chi connectivity index (χ0) is 16.1. The number of H-pyrrole nitrogens is 1. The molecular formula is C19H23N3O. The number of rotatable bonds is 7. The highest BCUT2D eigenvalue weighted by Gasteiger charge is 2.06. The third-order valence-electron chi connectivity index (χ3n) is 4.07. The van der Waals surface area contributed by atoms with Gasteiger partial charge >= 0.3 is 0 Å². The summed E-state index contributed by atoms with van der Waals surface area (Å²) >= 11 is 0. The average Bonchev–Trinajstić information content (AvgIpc) is 3.03. The highest BCUT2D eigenvalue weighted by Crippen LogP contribution is 2.24. The quantitative estimate of drug-likeness (QED) is 0.718. The van der Waals surface area contributed by atoms with Crippen molar-refractivity contribution in [1.29, 1.82) is 0 Å². The zero-order valence-corrected chi connectivity index (χ0v) is 13.7. The number of nitrogens with zero attached hydrogens (tertiary/aromatic N) is 2. The van der Waals surface area contributed by atoms with Gasteiger partial charge in [0.2, 0.25) is 0 Å². The molecule has 0 atom stereocenters. The van der Waals surface area contributed by atoms with Crippen LogP contribution < -0.4 is 4.74 Å². The van der Waals surface area contributed by atoms with Crippen LogP contribution in [0.25, 0.3) is 22.4 Å². The number of imidazole rings is 1. The lowest BCUT2D eigenvalue weighted by atomic mass is 10.2. The summed E-state index contributed by atoms with van der Waals surface area (Å²) in [6.45, 7) is 8.10. The van der Waals surface area contributed by atoms with Crippen LogP contribution in [0, 0.1) is 0 Å². The fourth-order valence-corrected chi connectivity index (χ4v) is 2.66. The van der Waals surface area contributed by atoms with Crippen molar-refractivity contribution >= 4 is 11.0 Å². The topological polar surface area (TPSA) is 41.1 Å². The molecule has 0 aliphatic carbocycles. The Hall–Kier alpha value is -2.33. The van der Waals surface area contributed by atoms with Gasteiger partial charge in [-0.15, -0.1) is 0 Å². The van der Waals surface area contributed by atoms with Crippen LogP contribution in [0.2, 0.25) is 0 Å². The molecule has 1 heterocycles. The molecule has 3 aromatic rings. The first-order chi connectivity index (χ1) is 11.3. The maximum atomic E-state index is 5.89. The molecule has 4 nitrogen and oxygen atoms in total. The monoisotopic (exact) mass is 309 g/mol. The van der Waals surface area contributed by atoms with Gasteiger partial charge < -0.3 is 14.6 Å². The minimum Gasteiger partial charge on any atom is -0.492 e. The molecular weight excluding hydrogens is 286 g/mol. The predicted molar refractivity (Wildman–Crippen MR) is 94.8 cm³/mol. The Morgan fingerprint density at radius 2 is 1.87 bits per heavy atom. The van der Waals surface area contributed by atoms with E-state index in [4.69, 9.17) is 4.74 Å². The van der Waals surface area contributed by atoms with Gasteiger partial charge in [0.05, 0.1) is 11.0 Å². The van der Waals surface area contributed by atoms with E-state index in [1.165, 1.54) is 0 Å². The van der Waals surface area contributed by atoms with Crippen LogP contribution in [0.4, 0.5) is 0 Å². The maximum absolute atomic E-state index is 5.89. The number of ether oxygens (including phenoxy) is 1. The highest BCUT2D eigenvalue weighted by molar-refractivity contribution is 5.79. The summed E-state index contributed by atoms with van der Waals surface area (Å²) in [4.78, 5) is 10.3. The number of benzene rings is 2. The van der Waals surface area contributed by atoms with Gasteiger partial charge in [-0.05, 0) is 37.4 Å². The normalized spacial score (nSPS) is 11.3. The van der Waals surface area contributed by atoms with Gasteiger partial charge in [-0.2, -0.15) is 0 Å². The highest BCUT2D eigenvalue weighted by atomic mass is 16.5. The van der Waals surface area contributed by atoms with Crippen molar-refractivity contribution in [2.45, 2.75) is 13.8 Å². The van der Waals surface area contributed by atoms with Gasteiger partial charge in [0, 0.05) is 12.1 Å². The van der Waals surface area contributed by atoms with Gasteiger partial charge in [-0.25, -0.2) is 4.98 Å². The van der Waals surface area contributed by atoms with Gasteiger partial charge in [-0.1, -0.05) is 38.1 Å². The molecule has 1 aromatic heterocycles. The van der Waals surface area contributed by atoms with Gasteiger partial charge in [0.25, 0.3) is 0 Å². The van der Waals surface area contributed by atoms with E-state index in [1.54, 1.807) is 0 Å². The molecule has 2 aromatic carbocycles. The maximum Gasteiger partial charge on any atom is 0.138 e. The van der Waals surface area contributed by atoms with E-state index in [-0.39, 0.29) is 0 Å². The van der Waals surface area contributed by atoms with Gasteiger partial charge in [-0.3, -0.25) is 0 Å². The number of aromatic nitrogens is 2. The van der Waals surface area contributed by atoms with Crippen molar-refractivity contribution in [3.05, 3.63) is 48.5 Å². The third-order valence-corrected chi connectivity index (χ3v) is 4.07. The summed E-state index contributed by atoms with van der Waals surface area (Å²) < 4.78 is 5.89. The van der Waals surface area contributed by atoms with E-state index in [9.17, 15) is 0 Å². The van der Waals surface area contributed by atoms with Crippen molar-refractivity contribution in [2.24, 2.45) is 0 Å². The molecule has 0 spiro atoms. The molecule has 0 amide bonds. The van der Waals surface area contributed by atoms with Crippen molar-refractivity contribution in [1.82, 2.24) is 14.9 Å². The summed E-state index contributed by atoms with van der Waals surface area (Å²) in [6.07, 6.45) is 0. The molecule has 23 heavy (non-hydrogen) atoms. The largest absolute Gasteiger partial charge is 0.492 e. The molecule has 4 heteroatoms. The predicted octanol–water partition coefficient (Wildman–Crippen LogP) is 3.95. The smallest absolute Gasteiger partial charge is 0.138 e. The van der Waals surface area contributed by atoms with E-state index in [1.807, 2.05) is 42.5 Å².